The van der Waals surface area contributed by atoms with Crippen molar-refractivity contribution in [3.8, 4) is 67.3 Å². The summed E-state index contributed by atoms with van der Waals surface area (Å²) in [5.74, 6) is 0.706. The van der Waals surface area contributed by atoms with Crippen molar-refractivity contribution in [1.29, 1.82) is 0 Å². The monoisotopic (exact) mass is 850 g/mol. The second kappa shape index (κ2) is 15.8. The Morgan fingerprint density at radius 3 is 1.60 bits per heavy atom. The molecule has 1 heterocycles. The van der Waals surface area contributed by atoms with Gasteiger partial charge < -0.3 is 0 Å². The molecule has 0 amide bonds. The average molecular weight is 851 g/mol. The number of aromatic nitrogens is 2. The van der Waals surface area contributed by atoms with Crippen molar-refractivity contribution in [3.63, 3.8) is 0 Å². The molecule has 0 unspecified atom stereocenters. The molecule has 0 radical (unpaired) electrons. The lowest BCUT2D eigenvalue weighted by molar-refractivity contribution is 0.770. The maximum absolute atomic E-state index is 5.42. The fourth-order valence-electron chi connectivity index (χ4n) is 11.0. The van der Waals surface area contributed by atoms with Gasteiger partial charge in [0.05, 0.1) is 16.8 Å². The molecule has 1 aliphatic rings. The van der Waals surface area contributed by atoms with E-state index in [0.717, 1.165) is 49.8 Å². The van der Waals surface area contributed by atoms with Gasteiger partial charge in [0.25, 0.3) is 0 Å². The molecule has 2 heteroatoms. The van der Waals surface area contributed by atoms with E-state index in [1.807, 2.05) is 0 Å². The van der Waals surface area contributed by atoms with E-state index in [2.05, 4.69) is 255 Å². The summed E-state index contributed by atoms with van der Waals surface area (Å²) in [7, 11) is 0. The van der Waals surface area contributed by atoms with Gasteiger partial charge in [-0.1, -0.05) is 237 Å². The number of hydrogen-bond acceptors (Lipinski definition) is 2. The van der Waals surface area contributed by atoms with E-state index in [1.165, 1.54) is 66.2 Å². The van der Waals surface area contributed by atoms with Gasteiger partial charge in [0.1, 0.15) is 0 Å². The van der Waals surface area contributed by atoms with E-state index >= 15 is 0 Å². The molecule has 0 saturated heterocycles. The number of benzene rings is 11. The highest BCUT2D eigenvalue weighted by molar-refractivity contribution is 6.06. The first-order valence-corrected chi connectivity index (χ1v) is 23.1. The van der Waals surface area contributed by atoms with Crippen molar-refractivity contribution in [3.05, 3.63) is 277 Å². The lowest BCUT2D eigenvalue weighted by Crippen LogP contribution is -2.29. The molecular formula is C65H42N2. The van der Waals surface area contributed by atoms with Gasteiger partial charge in [-0.05, 0) is 106 Å². The first-order chi connectivity index (χ1) is 33.2. The molecule has 312 valence electrons. The van der Waals surface area contributed by atoms with E-state index in [9.17, 15) is 0 Å². The molecule has 67 heavy (non-hydrogen) atoms. The molecule has 1 aromatic heterocycles. The lowest BCUT2D eigenvalue weighted by Gasteiger charge is -2.35. The molecule has 0 saturated carbocycles. The van der Waals surface area contributed by atoms with Gasteiger partial charge in [0.15, 0.2) is 5.82 Å². The van der Waals surface area contributed by atoms with Crippen LogP contribution in [0.15, 0.2) is 255 Å². The Bertz CT molecular complexity index is 3830. The summed E-state index contributed by atoms with van der Waals surface area (Å²) in [6.07, 6.45) is 0. The lowest BCUT2D eigenvalue weighted by atomic mass is 9.66. The predicted octanol–water partition coefficient (Wildman–Crippen LogP) is 16.6. The molecule has 0 spiro atoms. The van der Waals surface area contributed by atoms with Crippen LogP contribution < -0.4 is 0 Å². The molecule has 2 nitrogen and oxygen atoms in total. The molecule has 12 aromatic rings. The van der Waals surface area contributed by atoms with Gasteiger partial charge in [-0.25, -0.2) is 9.97 Å². The third kappa shape index (κ3) is 6.26. The molecule has 1 aliphatic carbocycles. The number of nitrogens with zero attached hydrogens (tertiary/aromatic N) is 2. The van der Waals surface area contributed by atoms with Crippen molar-refractivity contribution in [2.45, 2.75) is 5.41 Å². The zero-order chi connectivity index (χ0) is 44.3. The minimum atomic E-state index is -0.510. The summed E-state index contributed by atoms with van der Waals surface area (Å²) in [4.78, 5) is 10.7. The van der Waals surface area contributed by atoms with Crippen LogP contribution in [0.1, 0.15) is 22.3 Å². The predicted molar refractivity (Wildman–Crippen MR) is 279 cm³/mol. The molecule has 0 N–H and O–H groups in total. The summed E-state index contributed by atoms with van der Waals surface area (Å²) in [5, 5.41) is 6.98. The SMILES string of the molecule is c1ccc(C2(c3ccccc3)c3ccccc3-c3cccc(-c4cccc(-c5ccc(-c6cc(-c7ccc8ccccc8c7)nc(-c7cccc8ccccc78)n6)c6ccccc56)c4)c32)cc1. The van der Waals surface area contributed by atoms with Gasteiger partial charge in [0.2, 0.25) is 0 Å². The molecule has 0 aliphatic heterocycles. The van der Waals surface area contributed by atoms with Crippen LogP contribution in [-0.4, -0.2) is 9.97 Å². The number of rotatable bonds is 7. The standard InChI is InChI=1S/C65H42N2/c1-3-24-49(25-4-1)65(50-26-5-2-6-27-50)60-35-14-13-31-56(60)58-33-17-32-53(63(58)65)47-23-15-22-46(41-47)52-38-39-57(55-30-12-11-29-54(52)55)62-42-61(48-37-36-43-18-7-8-20-45(43)40-48)66-64(67-62)59-34-16-21-44-19-9-10-28-51(44)59/h1-42H. The summed E-state index contributed by atoms with van der Waals surface area (Å²) in [6.45, 7) is 0. The molecule has 0 atom stereocenters. The van der Waals surface area contributed by atoms with Crippen LogP contribution >= 0.6 is 0 Å². The van der Waals surface area contributed by atoms with Crippen LogP contribution in [0.5, 0.6) is 0 Å². The Morgan fingerprint density at radius 2 is 0.806 bits per heavy atom. The van der Waals surface area contributed by atoms with Crippen molar-refractivity contribution in [2.75, 3.05) is 0 Å². The minimum absolute atomic E-state index is 0.510. The van der Waals surface area contributed by atoms with Gasteiger partial charge in [-0.15, -0.1) is 0 Å². The summed E-state index contributed by atoms with van der Waals surface area (Å²) < 4.78 is 0. The molecule has 0 bridgehead atoms. The Hall–Kier alpha value is -8.72. The largest absolute Gasteiger partial charge is 0.228 e. The van der Waals surface area contributed by atoms with Crippen LogP contribution in [0.3, 0.4) is 0 Å². The van der Waals surface area contributed by atoms with Crippen LogP contribution in [0, 0.1) is 0 Å². The Balaban J connectivity index is 0.987. The van der Waals surface area contributed by atoms with Crippen LogP contribution in [-0.2, 0) is 5.41 Å². The van der Waals surface area contributed by atoms with E-state index < -0.39 is 5.41 Å². The Morgan fingerprint density at radius 1 is 0.269 bits per heavy atom. The maximum Gasteiger partial charge on any atom is 0.161 e. The smallest absolute Gasteiger partial charge is 0.161 e. The van der Waals surface area contributed by atoms with Crippen LogP contribution in [0.4, 0.5) is 0 Å². The van der Waals surface area contributed by atoms with Crippen LogP contribution in [0.2, 0.25) is 0 Å². The van der Waals surface area contributed by atoms with Crippen molar-refractivity contribution >= 4 is 32.3 Å². The first-order valence-electron chi connectivity index (χ1n) is 23.1. The van der Waals surface area contributed by atoms with Crippen molar-refractivity contribution in [1.82, 2.24) is 9.97 Å². The average Bonchev–Trinajstić information content (AvgIpc) is 3.72. The highest BCUT2D eigenvalue weighted by Crippen LogP contribution is 2.58. The summed E-state index contributed by atoms with van der Waals surface area (Å²) in [5.41, 5.74) is 16.8. The summed E-state index contributed by atoms with van der Waals surface area (Å²) >= 11 is 0. The second-order valence-electron chi connectivity index (χ2n) is 17.6. The van der Waals surface area contributed by atoms with Crippen LogP contribution in [0.25, 0.3) is 99.6 Å². The Kier molecular flexibility index (Phi) is 9.11. The van der Waals surface area contributed by atoms with E-state index in [-0.39, 0.29) is 0 Å². The maximum atomic E-state index is 5.42. The van der Waals surface area contributed by atoms with E-state index in [0.29, 0.717) is 5.82 Å². The number of fused-ring (bicyclic) bond motifs is 6. The zero-order valence-electron chi connectivity index (χ0n) is 36.6. The van der Waals surface area contributed by atoms with Gasteiger partial charge in [-0.2, -0.15) is 0 Å². The second-order valence-corrected chi connectivity index (χ2v) is 17.6. The van der Waals surface area contributed by atoms with E-state index in [4.69, 9.17) is 9.97 Å². The zero-order valence-corrected chi connectivity index (χ0v) is 36.6. The van der Waals surface area contributed by atoms with Crippen molar-refractivity contribution < 1.29 is 0 Å². The first kappa shape index (κ1) is 38.7. The quantitative estimate of drug-likeness (QED) is 0.160. The molecule has 0 fully saturated rings. The highest BCUT2D eigenvalue weighted by Gasteiger charge is 2.47. The molecule has 13 rings (SSSR count). The van der Waals surface area contributed by atoms with Gasteiger partial charge in [-0.3, -0.25) is 0 Å². The topological polar surface area (TPSA) is 25.8 Å². The molecular weight excluding hydrogens is 809 g/mol. The fraction of sp³-hybridized carbons (Fsp3) is 0.0154. The molecule has 11 aromatic carbocycles. The fourth-order valence-corrected chi connectivity index (χ4v) is 11.0. The van der Waals surface area contributed by atoms with Crippen molar-refractivity contribution in [2.24, 2.45) is 0 Å². The van der Waals surface area contributed by atoms with E-state index in [1.54, 1.807) is 0 Å². The third-order valence-electron chi connectivity index (χ3n) is 14.0. The summed E-state index contributed by atoms with van der Waals surface area (Å²) in [6, 6.07) is 92.6. The third-order valence-corrected chi connectivity index (χ3v) is 14.0. The van der Waals surface area contributed by atoms with Gasteiger partial charge in [0, 0.05) is 16.7 Å². The Labute approximate surface area is 390 Å². The normalized spacial score (nSPS) is 12.6. The van der Waals surface area contributed by atoms with Gasteiger partial charge >= 0.3 is 0 Å². The minimum Gasteiger partial charge on any atom is -0.228 e. The number of hydrogen-bond donors (Lipinski definition) is 0. The highest BCUT2D eigenvalue weighted by atomic mass is 14.9.